The average Bonchev–Trinajstić information content (AvgIpc) is 2.59. The third-order valence-corrected chi connectivity index (χ3v) is 4.36. The van der Waals surface area contributed by atoms with Gasteiger partial charge in [-0.25, -0.2) is 9.37 Å². The Kier molecular flexibility index (Phi) is 3.65. The van der Waals surface area contributed by atoms with Crippen LogP contribution in [0, 0.1) is 6.92 Å². The predicted molar refractivity (Wildman–Crippen MR) is 59.6 cm³/mol. The Hall–Kier alpha value is -0.440. The van der Waals surface area contributed by atoms with Crippen molar-refractivity contribution in [3.05, 3.63) is 15.6 Å². The number of aromatic nitrogens is 1. The molecule has 1 aromatic heterocycles. The summed E-state index contributed by atoms with van der Waals surface area (Å²) in [5.74, 6) is 0. The lowest BCUT2D eigenvalue weighted by Crippen LogP contribution is -2.19. The summed E-state index contributed by atoms with van der Waals surface area (Å²) in [6.07, 6.45) is 2.08. The van der Waals surface area contributed by atoms with Crippen LogP contribution in [0.15, 0.2) is 0 Å². The molecule has 0 aliphatic rings. The molecule has 0 fully saturated rings. The van der Waals surface area contributed by atoms with E-state index >= 15 is 0 Å². The van der Waals surface area contributed by atoms with E-state index in [2.05, 4.69) is 25.8 Å². The van der Waals surface area contributed by atoms with Crippen molar-refractivity contribution in [3.8, 4) is 0 Å². The molecule has 14 heavy (non-hydrogen) atoms. The maximum atomic E-state index is 12.7. The Morgan fingerprint density at radius 2 is 1.93 bits per heavy atom. The van der Waals surface area contributed by atoms with E-state index in [4.69, 9.17) is 0 Å². The molecule has 1 nitrogen and oxygen atoms in total. The summed E-state index contributed by atoms with van der Waals surface area (Å²) in [7, 11) is 0. The van der Waals surface area contributed by atoms with Crippen molar-refractivity contribution in [2.24, 2.45) is 0 Å². The summed E-state index contributed by atoms with van der Waals surface area (Å²) in [4.78, 5) is 5.38. The fourth-order valence-electron chi connectivity index (χ4n) is 1.60. The first kappa shape index (κ1) is 11.6. The number of rotatable bonds is 4. The van der Waals surface area contributed by atoms with Gasteiger partial charge in [0, 0.05) is 10.3 Å². The van der Waals surface area contributed by atoms with Gasteiger partial charge < -0.3 is 0 Å². The minimum Gasteiger partial charge on any atom is -0.244 e. The summed E-state index contributed by atoms with van der Waals surface area (Å²) < 4.78 is 12.7. The highest BCUT2D eigenvalue weighted by Gasteiger charge is 2.28. The van der Waals surface area contributed by atoms with Gasteiger partial charge in [-0.2, -0.15) is 0 Å². The summed E-state index contributed by atoms with van der Waals surface area (Å²) in [5.41, 5.74) is 0.756. The van der Waals surface area contributed by atoms with Gasteiger partial charge in [0.25, 0.3) is 0 Å². The van der Waals surface area contributed by atoms with E-state index in [0.29, 0.717) is 5.69 Å². The molecule has 0 amide bonds. The van der Waals surface area contributed by atoms with Gasteiger partial charge in [-0.15, -0.1) is 11.3 Å². The zero-order valence-electron chi connectivity index (χ0n) is 9.35. The second-order valence-corrected chi connectivity index (χ2v) is 5.11. The number of thiazole rings is 1. The van der Waals surface area contributed by atoms with Crippen LogP contribution in [0.3, 0.4) is 0 Å². The lowest BCUT2D eigenvalue weighted by molar-refractivity contribution is 0.422. The molecule has 0 spiro atoms. The molecule has 1 aromatic rings. The first-order valence-electron chi connectivity index (χ1n) is 5.10. The van der Waals surface area contributed by atoms with Crippen LogP contribution in [0.5, 0.6) is 0 Å². The number of nitrogens with zero attached hydrogens (tertiary/aromatic N) is 1. The SMILES string of the molecule is CCC(C)(CC)c1sc(C)nc1CF. The van der Waals surface area contributed by atoms with E-state index in [1.807, 2.05) is 6.92 Å². The van der Waals surface area contributed by atoms with Gasteiger partial charge in [0.1, 0.15) is 6.67 Å². The molecule has 0 unspecified atom stereocenters. The minimum absolute atomic E-state index is 0.105. The predicted octanol–water partition coefficient (Wildman–Crippen LogP) is 4.00. The first-order valence-corrected chi connectivity index (χ1v) is 5.91. The zero-order valence-corrected chi connectivity index (χ0v) is 10.2. The van der Waals surface area contributed by atoms with Gasteiger partial charge in [0.2, 0.25) is 0 Å². The first-order chi connectivity index (χ1) is 6.57. The number of halogens is 1. The molecule has 0 bridgehead atoms. The van der Waals surface area contributed by atoms with Crippen LogP contribution in [0.1, 0.15) is 49.2 Å². The van der Waals surface area contributed by atoms with Crippen molar-refractivity contribution in [1.82, 2.24) is 4.98 Å². The molecule has 0 aliphatic carbocycles. The van der Waals surface area contributed by atoms with Crippen LogP contribution in [-0.2, 0) is 12.1 Å². The molecule has 0 saturated heterocycles. The van der Waals surface area contributed by atoms with Crippen molar-refractivity contribution >= 4 is 11.3 Å². The molecule has 0 atom stereocenters. The Labute approximate surface area is 89.4 Å². The Bertz CT molecular complexity index is 302. The van der Waals surface area contributed by atoms with Crippen LogP contribution in [0.2, 0.25) is 0 Å². The highest BCUT2D eigenvalue weighted by molar-refractivity contribution is 7.11. The molecule has 0 aliphatic heterocycles. The molecular weight excluding hydrogens is 197 g/mol. The van der Waals surface area contributed by atoms with Crippen molar-refractivity contribution in [2.75, 3.05) is 0 Å². The summed E-state index contributed by atoms with van der Waals surface area (Å²) in [6.45, 7) is 8.01. The minimum atomic E-state index is -0.435. The van der Waals surface area contributed by atoms with Crippen LogP contribution in [0.25, 0.3) is 0 Å². The van der Waals surface area contributed by atoms with Gasteiger partial charge in [0.05, 0.1) is 10.7 Å². The van der Waals surface area contributed by atoms with E-state index in [1.165, 1.54) is 0 Å². The van der Waals surface area contributed by atoms with Gasteiger partial charge in [-0.3, -0.25) is 0 Å². The summed E-state index contributed by atoms with van der Waals surface area (Å²) in [6, 6.07) is 0. The molecule has 80 valence electrons. The van der Waals surface area contributed by atoms with Crippen molar-refractivity contribution in [1.29, 1.82) is 0 Å². The molecule has 0 aromatic carbocycles. The Morgan fingerprint density at radius 3 is 2.36 bits per heavy atom. The number of hydrogen-bond donors (Lipinski definition) is 0. The van der Waals surface area contributed by atoms with E-state index in [9.17, 15) is 4.39 Å². The van der Waals surface area contributed by atoms with Crippen molar-refractivity contribution in [3.63, 3.8) is 0 Å². The highest BCUT2D eigenvalue weighted by Crippen LogP contribution is 2.37. The standard InChI is InChI=1S/C11H18FNS/c1-5-11(4,6-2)10-9(7-12)13-8(3)14-10/h5-7H2,1-4H3. The monoisotopic (exact) mass is 215 g/mol. The van der Waals surface area contributed by atoms with Crippen molar-refractivity contribution < 1.29 is 4.39 Å². The summed E-state index contributed by atoms with van der Waals surface area (Å²) >= 11 is 1.64. The van der Waals surface area contributed by atoms with E-state index in [0.717, 1.165) is 22.7 Å². The third kappa shape index (κ3) is 1.97. The maximum absolute atomic E-state index is 12.7. The molecule has 3 heteroatoms. The maximum Gasteiger partial charge on any atom is 0.133 e. The molecular formula is C11H18FNS. The Balaban J connectivity index is 3.15. The van der Waals surface area contributed by atoms with Crippen LogP contribution in [0.4, 0.5) is 4.39 Å². The molecule has 0 saturated carbocycles. The van der Waals surface area contributed by atoms with Crippen LogP contribution >= 0.6 is 11.3 Å². The van der Waals surface area contributed by atoms with Gasteiger partial charge in [0.15, 0.2) is 0 Å². The average molecular weight is 215 g/mol. The topological polar surface area (TPSA) is 12.9 Å². The zero-order chi connectivity index (χ0) is 10.8. The van der Waals surface area contributed by atoms with E-state index in [1.54, 1.807) is 11.3 Å². The van der Waals surface area contributed by atoms with E-state index in [-0.39, 0.29) is 5.41 Å². The van der Waals surface area contributed by atoms with Crippen LogP contribution in [-0.4, -0.2) is 4.98 Å². The number of hydrogen-bond acceptors (Lipinski definition) is 2. The lowest BCUT2D eigenvalue weighted by Gasteiger charge is -2.25. The number of alkyl halides is 1. The van der Waals surface area contributed by atoms with Crippen LogP contribution < -0.4 is 0 Å². The number of aryl methyl sites for hydroxylation is 1. The molecule has 1 rings (SSSR count). The molecule has 0 radical (unpaired) electrons. The van der Waals surface area contributed by atoms with Crippen molar-refractivity contribution in [2.45, 2.75) is 52.6 Å². The summed E-state index contributed by atoms with van der Waals surface area (Å²) in [5, 5.41) is 0.973. The second kappa shape index (κ2) is 4.39. The molecule has 1 heterocycles. The Morgan fingerprint density at radius 1 is 1.36 bits per heavy atom. The van der Waals surface area contributed by atoms with E-state index < -0.39 is 6.67 Å². The van der Waals surface area contributed by atoms with Gasteiger partial charge >= 0.3 is 0 Å². The largest absolute Gasteiger partial charge is 0.244 e. The van der Waals surface area contributed by atoms with Gasteiger partial charge in [-0.05, 0) is 19.8 Å². The second-order valence-electron chi connectivity index (χ2n) is 3.91. The third-order valence-electron chi connectivity index (χ3n) is 3.04. The van der Waals surface area contributed by atoms with Gasteiger partial charge in [-0.1, -0.05) is 20.8 Å². The normalized spacial score (nSPS) is 12.1. The fourth-order valence-corrected chi connectivity index (χ4v) is 2.81. The smallest absolute Gasteiger partial charge is 0.133 e. The fraction of sp³-hybridized carbons (Fsp3) is 0.727. The molecule has 0 N–H and O–H groups in total. The highest BCUT2D eigenvalue weighted by atomic mass is 32.1. The lowest BCUT2D eigenvalue weighted by atomic mass is 9.82. The quantitative estimate of drug-likeness (QED) is 0.739.